The molecule has 6 heteroatoms. The van der Waals surface area contributed by atoms with Crippen LogP contribution in [-0.4, -0.2) is 33.0 Å². The normalized spacial score (nSPS) is 13.2. The maximum absolute atomic E-state index is 11.7. The first-order valence-electron chi connectivity index (χ1n) is 3.21. The quantitative estimate of drug-likeness (QED) is 0.682. The van der Waals surface area contributed by atoms with Gasteiger partial charge in [0, 0.05) is 20.6 Å². The Morgan fingerprint density at radius 1 is 1.25 bits per heavy atom. The largest absolute Gasteiger partial charge is 0.354 e. The minimum absolute atomic E-state index is 0. The van der Waals surface area contributed by atoms with E-state index in [4.69, 9.17) is 5.73 Å². The zero-order chi connectivity index (χ0) is 8.85. The van der Waals surface area contributed by atoms with Crippen molar-refractivity contribution in [3.8, 4) is 0 Å². The Morgan fingerprint density at radius 2 is 1.67 bits per heavy atom. The molecule has 76 valence electrons. The van der Waals surface area contributed by atoms with Crippen LogP contribution in [-0.2, 0) is 9.47 Å². The Bertz CT molecular complexity index is 104. The van der Waals surface area contributed by atoms with Gasteiger partial charge in [-0.1, -0.05) is 0 Å². The summed E-state index contributed by atoms with van der Waals surface area (Å²) in [5.74, 6) is 0. The fourth-order valence-corrected chi connectivity index (χ4v) is 0.763. The van der Waals surface area contributed by atoms with Crippen molar-refractivity contribution in [2.75, 3.05) is 14.2 Å². The van der Waals surface area contributed by atoms with Crippen molar-refractivity contribution in [3.05, 3.63) is 0 Å². The summed E-state index contributed by atoms with van der Waals surface area (Å²) >= 11 is 0. The molecule has 2 N–H and O–H groups in total. The van der Waals surface area contributed by atoms with E-state index in [-0.39, 0.29) is 12.4 Å². The van der Waals surface area contributed by atoms with Crippen molar-refractivity contribution < 1.29 is 18.3 Å². The van der Waals surface area contributed by atoms with Gasteiger partial charge < -0.3 is 15.2 Å². The second-order valence-corrected chi connectivity index (χ2v) is 2.13. The molecular formula is C6H14ClF2NO2. The molecule has 0 heterocycles. The number of methoxy groups -OCH3 is 2. The van der Waals surface area contributed by atoms with Gasteiger partial charge in [-0.05, 0) is 0 Å². The number of alkyl halides is 2. The number of hydrogen-bond acceptors (Lipinski definition) is 3. The fraction of sp³-hybridized carbons (Fsp3) is 1.00. The molecule has 0 bridgehead atoms. The van der Waals surface area contributed by atoms with E-state index in [2.05, 4.69) is 9.47 Å². The SMILES string of the molecule is COC(OC)[C@H](N)CC(F)F.Cl. The van der Waals surface area contributed by atoms with E-state index in [1.165, 1.54) is 14.2 Å². The summed E-state index contributed by atoms with van der Waals surface area (Å²) in [6, 6.07) is -0.773. The third-order valence-corrected chi connectivity index (χ3v) is 1.26. The minimum atomic E-state index is -2.42. The molecule has 0 spiro atoms. The van der Waals surface area contributed by atoms with Crippen LogP contribution in [0.5, 0.6) is 0 Å². The molecule has 0 aliphatic rings. The molecule has 0 unspecified atom stereocenters. The first-order valence-corrected chi connectivity index (χ1v) is 3.21. The summed E-state index contributed by atoms with van der Waals surface area (Å²) in [4.78, 5) is 0. The Morgan fingerprint density at radius 3 is 1.92 bits per heavy atom. The van der Waals surface area contributed by atoms with Gasteiger partial charge >= 0.3 is 0 Å². The van der Waals surface area contributed by atoms with E-state index in [9.17, 15) is 8.78 Å². The van der Waals surface area contributed by atoms with Gasteiger partial charge in [0.1, 0.15) is 0 Å². The Balaban J connectivity index is 0. The van der Waals surface area contributed by atoms with Gasteiger partial charge in [0.25, 0.3) is 0 Å². The molecule has 0 aromatic rings. The zero-order valence-corrected chi connectivity index (χ0v) is 7.81. The Labute approximate surface area is 76.6 Å². The van der Waals surface area contributed by atoms with Crippen LogP contribution in [0.15, 0.2) is 0 Å². The molecule has 0 amide bonds. The molecule has 3 nitrogen and oxygen atoms in total. The first-order chi connectivity index (χ1) is 5.11. The van der Waals surface area contributed by atoms with Crippen molar-refractivity contribution >= 4 is 12.4 Å². The number of hydrogen-bond donors (Lipinski definition) is 1. The van der Waals surface area contributed by atoms with Crippen molar-refractivity contribution in [1.29, 1.82) is 0 Å². The summed E-state index contributed by atoms with van der Waals surface area (Å²) in [5, 5.41) is 0. The van der Waals surface area contributed by atoms with E-state index in [1.54, 1.807) is 0 Å². The Kier molecular flexibility index (Phi) is 9.30. The molecule has 0 saturated carbocycles. The molecular weight excluding hydrogens is 192 g/mol. The molecule has 0 aliphatic carbocycles. The summed E-state index contributed by atoms with van der Waals surface area (Å²) in [7, 11) is 2.72. The summed E-state index contributed by atoms with van der Waals surface area (Å²) in [6.45, 7) is 0. The lowest BCUT2D eigenvalue weighted by atomic mass is 10.2. The number of ether oxygens (including phenoxy) is 2. The van der Waals surface area contributed by atoms with Gasteiger partial charge in [0.15, 0.2) is 6.29 Å². The fourth-order valence-electron chi connectivity index (χ4n) is 0.763. The monoisotopic (exact) mass is 205 g/mol. The highest BCUT2D eigenvalue weighted by Gasteiger charge is 2.20. The summed E-state index contributed by atoms with van der Waals surface area (Å²) < 4.78 is 32.8. The zero-order valence-electron chi connectivity index (χ0n) is 7.00. The van der Waals surface area contributed by atoms with Crippen LogP contribution >= 0.6 is 12.4 Å². The maximum Gasteiger partial charge on any atom is 0.240 e. The van der Waals surface area contributed by atoms with Gasteiger partial charge in [0.2, 0.25) is 6.43 Å². The minimum Gasteiger partial charge on any atom is -0.354 e. The number of rotatable bonds is 5. The van der Waals surface area contributed by atoms with Crippen LogP contribution in [0.1, 0.15) is 6.42 Å². The maximum atomic E-state index is 11.7. The van der Waals surface area contributed by atoms with E-state index < -0.39 is 25.2 Å². The number of halogens is 3. The molecule has 0 saturated heterocycles. The molecule has 0 aromatic heterocycles. The first kappa shape index (κ1) is 14.5. The Hall–Kier alpha value is 0.0300. The molecule has 0 fully saturated rings. The highest BCUT2D eigenvalue weighted by atomic mass is 35.5. The van der Waals surface area contributed by atoms with Gasteiger partial charge in [-0.15, -0.1) is 12.4 Å². The molecule has 1 atom stereocenters. The molecule has 0 aliphatic heterocycles. The predicted octanol–water partition coefficient (Wildman–Crippen LogP) is 1.01. The van der Waals surface area contributed by atoms with Gasteiger partial charge in [0.05, 0.1) is 6.04 Å². The average Bonchev–Trinajstić information content (AvgIpc) is 1.88. The second-order valence-electron chi connectivity index (χ2n) is 2.13. The van der Waals surface area contributed by atoms with Crippen molar-refractivity contribution in [1.82, 2.24) is 0 Å². The van der Waals surface area contributed by atoms with Crippen molar-refractivity contribution in [2.45, 2.75) is 25.2 Å². The van der Waals surface area contributed by atoms with Gasteiger partial charge in [-0.2, -0.15) is 0 Å². The summed E-state index contributed by atoms with van der Waals surface area (Å²) in [5.41, 5.74) is 5.31. The van der Waals surface area contributed by atoms with Gasteiger partial charge in [-0.25, -0.2) is 8.78 Å². The van der Waals surface area contributed by atoms with E-state index in [0.717, 1.165) is 0 Å². The van der Waals surface area contributed by atoms with Crippen molar-refractivity contribution in [3.63, 3.8) is 0 Å². The van der Waals surface area contributed by atoms with Gasteiger partial charge in [-0.3, -0.25) is 0 Å². The standard InChI is InChI=1S/C6H13F2NO2.ClH/c1-10-6(11-2)4(9)3-5(7)8;/h4-6H,3,9H2,1-2H3;1H/t4-;/m1./s1. The van der Waals surface area contributed by atoms with E-state index in [1.807, 2.05) is 0 Å². The lowest BCUT2D eigenvalue weighted by molar-refractivity contribution is -0.123. The molecule has 0 radical (unpaired) electrons. The second kappa shape index (κ2) is 7.67. The lowest BCUT2D eigenvalue weighted by Gasteiger charge is -2.20. The highest BCUT2D eigenvalue weighted by Crippen LogP contribution is 2.07. The van der Waals surface area contributed by atoms with Crippen molar-refractivity contribution in [2.24, 2.45) is 5.73 Å². The topological polar surface area (TPSA) is 44.5 Å². The average molecular weight is 206 g/mol. The third-order valence-electron chi connectivity index (χ3n) is 1.26. The smallest absolute Gasteiger partial charge is 0.240 e. The lowest BCUT2D eigenvalue weighted by Crippen LogP contribution is -2.38. The number of nitrogens with two attached hydrogens (primary N) is 1. The molecule has 0 rings (SSSR count). The van der Waals surface area contributed by atoms with E-state index in [0.29, 0.717) is 0 Å². The third kappa shape index (κ3) is 5.65. The highest BCUT2D eigenvalue weighted by molar-refractivity contribution is 5.85. The summed E-state index contributed by atoms with van der Waals surface area (Å²) in [6.07, 6.45) is -3.58. The van der Waals surface area contributed by atoms with Crippen LogP contribution in [0.4, 0.5) is 8.78 Å². The van der Waals surface area contributed by atoms with Crippen LogP contribution in [0, 0.1) is 0 Å². The molecule has 0 aromatic carbocycles. The molecule has 12 heavy (non-hydrogen) atoms. The van der Waals surface area contributed by atoms with Crippen LogP contribution in [0.3, 0.4) is 0 Å². The van der Waals surface area contributed by atoms with E-state index >= 15 is 0 Å². The van der Waals surface area contributed by atoms with Crippen LogP contribution < -0.4 is 5.73 Å². The van der Waals surface area contributed by atoms with Crippen LogP contribution in [0.2, 0.25) is 0 Å². The van der Waals surface area contributed by atoms with Crippen LogP contribution in [0.25, 0.3) is 0 Å². The predicted molar refractivity (Wildman–Crippen MR) is 43.7 cm³/mol.